The normalized spacial score (nSPS) is 23.6. The van der Waals surface area contributed by atoms with E-state index in [0.29, 0.717) is 5.25 Å². The zero-order valence-electron chi connectivity index (χ0n) is 10.4. The number of nitrogens with zero attached hydrogens (tertiary/aromatic N) is 2. The van der Waals surface area contributed by atoms with Gasteiger partial charge in [0, 0.05) is 17.4 Å². The number of anilines is 2. The van der Waals surface area contributed by atoms with Gasteiger partial charge in [-0.1, -0.05) is 0 Å². The van der Waals surface area contributed by atoms with E-state index in [2.05, 4.69) is 15.3 Å². The maximum absolute atomic E-state index is 12.6. The summed E-state index contributed by atoms with van der Waals surface area (Å²) in [6.07, 6.45) is 0.442. The highest BCUT2D eigenvalue weighted by Crippen LogP contribution is 2.32. The quantitative estimate of drug-likeness (QED) is 0.897. The number of rotatable bonds is 3. The summed E-state index contributed by atoms with van der Waals surface area (Å²) in [6.45, 7) is 0. The van der Waals surface area contributed by atoms with E-state index in [1.807, 2.05) is 6.26 Å². The number of aromatic nitrogens is 2. The van der Waals surface area contributed by atoms with E-state index in [9.17, 15) is 13.2 Å². The highest BCUT2D eigenvalue weighted by atomic mass is 32.2. The lowest BCUT2D eigenvalue weighted by Crippen LogP contribution is -2.19. The molecule has 1 saturated carbocycles. The van der Waals surface area contributed by atoms with Crippen molar-refractivity contribution < 1.29 is 13.2 Å². The van der Waals surface area contributed by atoms with Gasteiger partial charge in [0.2, 0.25) is 5.95 Å². The van der Waals surface area contributed by atoms with Crippen LogP contribution in [0.3, 0.4) is 0 Å². The van der Waals surface area contributed by atoms with Gasteiger partial charge in [-0.25, -0.2) is 4.98 Å². The fourth-order valence-corrected chi connectivity index (χ4v) is 2.98. The van der Waals surface area contributed by atoms with Gasteiger partial charge in [0.15, 0.2) is 5.69 Å². The number of hydrogen-bond acceptors (Lipinski definition) is 5. The van der Waals surface area contributed by atoms with Crippen LogP contribution < -0.4 is 11.1 Å². The van der Waals surface area contributed by atoms with Crippen LogP contribution in [0.15, 0.2) is 6.07 Å². The van der Waals surface area contributed by atoms with E-state index in [4.69, 9.17) is 5.73 Å². The second-order valence-corrected chi connectivity index (χ2v) is 5.64. The number of alkyl halides is 3. The molecule has 0 aromatic carbocycles. The molecule has 0 bridgehead atoms. The average Bonchev–Trinajstić information content (AvgIpc) is 2.75. The monoisotopic (exact) mass is 292 g/mol. The van der Waals surface area contributed by atoms with Crippen LogP contribution in [0.5, 0.6) is 0 Å². The molecule has 3 N–H and O–H groups in total. The number of nitrogen functional groups attached to an aromatic ring is 1. The Balaban J connectivity index is 2.11. The summed E-state index contributed by atoms with van der Waals surface area (Å²) in [7, 11) is 0. The fourth-order valence-electron chi connectivity index (χ4n) is 2.18. The van der Waals surface area contributed by atoms with Crippen LogP contribution in [-0.2, 0) is 6.18 Å². The van der Waals surface area contributed by atoms with Gasteiger partial charge in [0.25, 0.3) is 0 Å². The third kappa shape index (κ3) is 3.65. The SMILES string of the molecule is CSC1CCC(Nc2cc(C(F)(F)F)nc(N)n2)C1. The molecule has 1 aromatic rings. The lowest BCUT2D eigenvalue weighted by Gasteiger charge is -2.15. The minimum absolute atomic E-state index is 0.145. The van der Waals surface area contributed by atoms with Gasteiger partial charge in [-0.05, 0) is 25.5 Å². The van der Waals surface area contributed by atoms with Crippen LogP contribution in [0, 0.1) is 0 Å². The average molecular weight is 292 g/mol. The highest BCUT2D eigenvalue weighted by Gasteiger charge is 2.34. The van der Waals surface area contributed by atoms with Crippen LogP contribution in [-0.4, -0.2) is 27.5 Å². The number of thioether (sulfide) groups is 1. The summed E-state index contributed by atoms with van der Waals surface area (Å²) in [6, 6.07) is 1.05. The molecule has 2 atom stereocenters. The Hall–Kier alpha value is -1.18. The molecule has 0 aliphatic heterocycles. The Bertz CT molecular complexity index is 452. The van der Waals surface area contributed by atoms with E-state index < -0.39 is 11.9 Å². The number of nitrogens with two attached hydrogens (primary N) is 1. The molecule has 106 valence electrons. The molecule has 1 aromatic heterocycles. The van der Waals surface area contributed by atoms with Gasteiger partial charge in [-0.3, -0.25) is 0 Å². The molecule has 19 heavy (non-hydrogen) atoms. The molecule has 1 aliphatic rings. The number of halogens is 3. The van der Waals surface area contributed by atoms with E-state index in [-0.39, 0.29) is 17.8 Å². The lowest BCUT2D eigenvalue weighted by molar-refractivity contribution is -0.141. The van der Waals surface area contributed by atoms with E-state index >= 15 is 0 Å². The predicted molar refractivity (Wildman–Crippen MR) is 70.0 cm³/mol. The minimum Gasteiger partial charge on any atom is -0.368 e. The van der Waals surface area contributed by atoms with Crippen molar-refractivity contribution in [3.8, 4) is 0 Å². The van der Waals surface area contributed by atoms with Gasteiger partial charge < -0.3 is 11.1 Å². The standard InChI is InChI=1S/C11H15F3N4S/c1-19-7-3-2-6(4-7)16-9-5-8(11(12,13)14)17-10(15)18-9/h5-7H,2-4H2,1H3,(H3,15,16,17,18). The van der Waals surface area contributed by atoms with Crippen LogP contribution >= 0.6 is 11.8 Å². The van der Waals surface area contributed by atoms with Crippen LogP contribution in [0.1, 0.15) is 25.0 Å². The predicted octanol–water partition coefficient (Wildman–Crippen LogP) is 2.77. The third-order valence-corrected chi connectivity index (χ3v) is 4.20. The van der Waals surface area contributed by atoms with Crippen molar-refractivity contribution in [2.45, 2.75) is 36.7 Å². The lowest BCUT2D eigenvalue weighted by atomic mass is 10.2. The summed E-state index contributed by atoms with van der Waals surface area (Å²) in [5, 5.41) is 3.57. The summed E-state index contributed by atoms with van der Waals surface area (Å²) in [4.78, 5) is 7.02. The second-order valence-electron chi connectivity index (χ2n) is 4.51. The fraction of sp³-hybridized carbons (Fsp3) is 0.636. The number of hydrogen-bond donors (Lipinski definition) is 2. The van der Waals surface area contributed by atoms with Gasteiger partial charge in [0.05, 0.1) is 0 Å². The molecular weight excluding hydrogens is 277 g/mol. The molecule has 1 heterocycles. The Morgan fingerprint density at radius 1 is 1.37 bits per heavy atom. The highest BCUT2D eigenvalue weighted by molar-refractivity contribution is 7.99. The van der Waals surface area contributed by atoms with E-state index in [0.717, 1.165) is 25.3 Å². The molecule has 0 radical (unpaired) electrons. The summed E-state index contributed by atoms with van der Waals surface area (Å²) in [5.74, 6) is -0.219. The topological polar surface area (TPSA) is 63.8 Å². The molecule has 0 spiro atoms. The zero-order chi connectivity index (χ0) is 14.0. The van der Waals surface area contributed by atoms with Crippen molar-refractivity contribution >= 4 is 23.5 Å². The van der Waals surface area contributed by atoms with Crippen LogP contribution in [0.25, 0.3) is 0 Å². The first-order valence-corrected chi connectivity index (χ1v) is 7.18. The first kappa shape index (κ1) is 14.2. The Labute approximate surface area is 113 Å². The van der Waals surface area contributed by atoms with E-state index in [1.165, 1.54) is 0 Å². The van der Waals surface area contributed by atoms with E-state index in [1.54, 1.807) is 11.8 Å². The van der Waals surface area contributed by atoms with Crippen LogP contribution in [0.2, 0.25) is 0 Å². The molecule has 1 fully saturated rings. The molecule has 8 heteroatoms. The molecule has 2 rings (SSSR count). The third-order valence-electron chi connectivity index (χ3n) is 3.10. The molecular formula is C11H15F3N4S. The smallest absolute Gasteiger partial charge is 0.368 e. The Morgan fingerprint density at radius 3 is 2.68 bits per heavy atom. The van der Waals surface area contributed by atoms with Crippen molar-refractivity contribution in [1.82, 2.24) is 9.97 Å². The van der Waals surface area contributed by atoms with Crippen molar-refractivity contribution in [2.24, 2.45) is 0 Å². The largest absolute Gasteiger partial charge is 0.433 e. The maximum atomic E-state index is 12.6. The zero-order valence-corrected chi connectivity index (χ0v) is 11.2. The summed E-state index contributed by atoms with van der Waals surface area (Å²) < 4.78 is 37.8. The summed E-state index contributed by atoms with van der Waals surface area (Å²) >= 11 is 1.78. The maximum Gasteiger partial charge on any atom is 0.433 e. The molecule has 2 unspecified atom stereocenters. The number of nitrogens with one attached hydrogen (secondary N) is 1. The van der Waals surface area contributed by atoms with Gasteiger partial charge in [-0.15, -0.1) is 0 Å². The molecule has 1 aliphatic carbocycles. The molecule has 0 saturated heterocycles. The van der Waals surface area contributed by atoms with Crippen molar-refractivity contribution in [3.05, 3.63) is 11.8 Å². The van der Waals surface area contributed by atoms with Crippen LogP contribution in [0.4, 0.5) is 24.9 Å². The van der Waals surface area contributed by atoms with Crippen molar-refractivity contribution in [2.75, 3.05) is 17.3 Å². The first-order valence-electron chi connectivity index (χ1n) is 5.89. The van der Waals surface area contributed by atoms with Gasteiger partial charge >= 0.3 is 6.18 Å². The summed E-state index contributed by atoms with van der Waals surface area (Å²) in [5.41, 5.74) is 4.31. The second kappa shape index (κ2) is 5.44. The Kier molecular flexibility index (Phi) is 4.07. The van der Waals surface area contributed by atoms with Gasteiger partial charge in [-0.2, -0.15) is 29.9 Å². The van der Waals surface area contributed by atoms with Gasteiger partial charge in [0.1, 0.15) is 5.82 Å². The van der Waals surface area contributed by atoms with Crippen molar-refractivity contribution in [3.63, 3.8) is 0 Å². The Morgan fingerprint density at radius 2 is 2.11 bits per heavy atom. The molecule has 0 amide bonds. The minimum atomic E-state index is -4.51. The van der Waals surface area contributed by atoms with Crippen molar-refractivity contribution in [1.29, 1.82) is 0 Å². The first-order chi connectivity index (χ1) is 8.88. The molecule has 4 nitrogen and oxygen atoms in total.